The Morgan fingerprint density at radius 1 is 1.50 bits per heavy atom. The normalized spacial score (nSPS) is 13.1. The molecule has 120 valence electrons. The smallest absolute Gasteiger partial charge is 0.233 e. The molecule has 2 aromatic heterocycles. The van der Waals surface area contributed by atoms with Crippen molar-refractivity contribution in [1.29, 1.82) is 0 Å². The zero-order valence-corrected chi connectivity index (χ0v) is 14.9. The molecule has 0 aliphatic carbocycles. The van der Waals surface area contributed by atoms with Gasteiger partial charge in [-0.3, -0.25) is 4.79 Å². The number of amides is 1. The Hall–Kier alpha value is -1.41. The molecule has 0 saturated heterocycles. The van der Waals surface area contributed by atoms with E-state index in [0.717, 1.165) is 6.42 Å². The van der Waals surface area contributed by atoms with Crippen LogP contribution in [-0.4, -0.2) is 37.9 Å². The van der Waals surface area contributed by atoms with Crippen LogP contribution in [0.25, 0.3) is 0 Å². The number of hydrogen-bond donors (Lipinski definition) is 1. The van der Waals surface area contributed by atoms with Crippen LogP contribution in [0.5, 0.6) is 0 Å². The van der Waals surface area contributed by atoms with Crippen molar-refractivity contribution in [1.82, 2.24) is 25.5 Å². The lowest BCUT2D eigenvalue weighted by Crippen LogP contribution is -2.33. The summed E-state index contributed by atoms with van der Waals surface area (Å²) >= 11 is 3.08. The van der Waals surface area contributed by atoms with Gasteiger partial charge < -0.3 is 5.32 Å². The highest BCUT2D eigenvalue weighted by Crippen LogP contribution is 2.25. The molecule has 0 saturated carbocycles. The van der Waals surface area contributed by atoms with E-state index in [9.17, 15) is 4.79 Å². The van der Waals surface area contributed by atoms with Crippen molar-refractivity contribution in [2.24, 2.45) is 0 Å². The molecule has 1 amide bonds. The fourth-order valence-corrected chi connectivity index (χ4v) is 3.50. The van der Waals surface area contributed by atoms with Crippen LogP contribution in [0.15, 0.2) is 22.7 Å². The largest absolute Gasteiger partial charge is 0.355 e. The summed E-state index contributed by atoms with van der Waals surface area (Å²) < 4.78 is 1.74. The SMILES string of the molecule is CC(Sc1nnnn1C(C)(C)C)C(=O)NCCc1cccs1. The molecule has 0 aliphatic rings. The van der Waals surface area contributed by atoms with E-state index in [2.05, 4.69) is 26.9 Å². The second kappa shape index (κ2) is 7.23. The molecule has 0 aliphatic heterocycles. The van der Waals surface area contributed by atoms with E-state index in [1.807, 2.05) is 39.1 Å². The minimum atomic E-state index is -0.240. The number of rotatable bonds is 6. The summed E-state index contributed by atoms with van der Waals surface area (Å²) in [5, 5.41) is 17.1. The van der Waals surface area contributed by atoms with Gasteiger partial charge in [-0.05, 0) is 56.0 Å². The molecule has 1 unspecified atom stereocenters. The summed E-state index contributed by atoms with van der Waals surface area (Å²) in [7, 11) is 0. The van der Waals surface area contributed by atoms with E-state index in [1.165, 1.54) is 16.6 Å². The summed E-state index contributed by atoms with van der Waals surface area (Å²) in [5.41, 5.74) is -0.207. The Morgan fingerprint density at radius 3 is 2.91 bits per heavy atom. The first-order valence-electron chi connectivity index (χ1n) is 7.13. The molecule has 2 heterocycles. The maximum Gasteiger partial charge on any atom is 0.233 e. The van der Waals surface area contributed by atoms with Gasteiger partial charge in [0.15, 0.2) is 0 Å². The van der Waals surface area contributed by atoms with E-state index in [-0.39, 0.29) is 16.7 Å². The molecule has 22 heavy (non-hydrogen) atoms. The maximum atomic E-state index is 12.2. The Morgan fingerprint density at radius 2 is 2.27 bits per heavy atom. The van der Waals surface area contributed by atoms with Crippen molar-refractivity contribution in [2.75, 3.05) is 6.54 Å². The number of carbonyl (C=O) groups excluding carboxylic acids is 1. The third-order valence-corrected chi connectivity index (χ3v) is 4.95. The van der Waals surface area contributed by atoms with Gasteiger partial charge in [0.2, 0.25) is 11.1 Å². The summed E-state index contributed by atoms with van der Waals surface area (Å²) in [6.45, 7) is 8.60. The van der Waals surface area contributed by atoms with Gasteiger partial charge in [0.25, 0.3) is 0 Å². The fourth-order valence-electron chi connectivity index (χ4n) is 1.79. The van der Waals surface area contributed by atoms with Gasteiger partial charge in [0, 0.05) is 11.4 Å². The van der Waals surface area contributed by atoms with Gasteiger partial charge >= 0.3 is 0 Å². The first-order valence-corrected chi connectivity index (χ1v) is 8.89. The second-order valence-electron chi connectivity index (χ2n) is 5.92. The molecule has 8 heteroatoms. The third kappa shape index (κ3) is 4.54. The molecule has 2 aromatic rings. The van der Waals surface area contributed by atoms with Gasteiger partial charge in [-0.1, -0.05) is 17.8 Å². The number of thiophene rings is 1. The van der Waals surface area contributed by atoms with Crippen LogP contribution in [0.1, 0.15) is 32.6 Å². The van der Waals surface area contributed by atoms with Crippen molar-refractivity contribution in [3.63, 3.8) is 0 Å². The molecule has 1 atom stereocenters. The van der Waals surface area contributed by atoms with E-state index >= 15 is 0 Å². The van der Waals surface area contributed by atoms with E-state index in [1.54, 1.807) is 16.0 Å². The van der Waals surface area contributed by atoms with Gasteiger partial charge in [-0.15, -0.1) is 16.4 Å². The predicted octanol–water partition coefficient (Wildman–Crippen LogP) is 2.33. The highest BCUT2D eigenvalue weighted by atomic mass is 32.2. The van der Waals surface area contributed by atoms with Crippen LogP contribution in [-0.2, 0) is 16.8 Å². The number of carbonyl (C=O) groups is 1. The van der Waals surface area contributed by atoms with Crippen molar-refractivity contribution in [3.8, 4) is 0 Å². The first kappa shape index (κ1) is 17.0. The molecule has 0 spiro atoms. The summed E-state index contributed by atoms with van der Waals surface area (Å²) in [5.74, 6) is 0.00464. The average molecular weight is 339 g/mol. The number of aromatic nitrogens is 4. The number of nitrogens with zero attached hydrogens (tertiary/aromatic N) is 4. The van der Waals surface area contributed by atoms with E-state index in [0.29, 0.717) is 11.7 Å². The third-order valence-electron chi connectivity index (χ3n) is 2.98. The average Bonchev–Trinajstić information content (AvgIpc) is 3.08. The van der Waals surface area contributed by atoms with Gasteiger partial charge in [0.05, 0.1) is 10.8 Å². The zero-order chi connectivity index (χ0) is 16.2. The number of nitrogens with one attached hydrogen (secondary N) is 1. The monoisotopic (exact) mass is 339 g/mol. The number of hydrogen-bond acceptors (Lipinski definition) is 6. The van der Waals surface area contributed by atoms with Crippen LogP contribution < -0.4 is 5.32 Å². The van der Waals surface area contributed by atoms with Crippen LogP contribution in [0.3, 0.4) is 0 Å². The highest BCUT2D eigenvalue weighted by molar-refractivity contribution is 8.00. The summed E-state index contributed by atoms with van der Waals surface area (Å²) in [6, 6.07) is 4.10. The molecular weight excluding hydrogens is 318 g/mol. The van der Waals surface area contributed by atoms with Gasteiger partial charge in [-0.2, -0.15) is 0 Å². The lowest BCUT2D eigenvalue weighted by atomic mass is 10.1. The molecule has 0 fully saturated rings. The Kier molecular flexibility index (Phi) is 5.57. The molecule has 0 radical (unpaired) electrons. The predicted molar refractivity (Wildman–Crippen MR) is 89.2 cm³/mol. The summed E-state index contributed by atoms with van der Waals surface area (Å²) in [4.78, 5) is 13.4. The lowest BCUT2D eigenvalue weighted by Gasteiger charge is -2.20. The minimum Gasteiger partial charge on any atom is -0.355 e. The molecule has 2 rings (SSSR count). The Labute approximate surface area is 138 Å². The maximum absolute atomic E-state index is 12.2. The van der Waals surface area contributed by atoms with Crippen LogP contribution in [0, 0.1) is 0 Å². The second-order valence-corrected chi connectivity index (χ2v) is 8.26. The van der Waals surface area contributed by atoms with Crippen LogP contribution >= 0.6 is 23.1 Å². The van der Waals surface area contributed by atoms with E-state index < -0.39 is 0 Å². The first-order chi connectivity index (χ1) is 10.4. The topological polar surface area (TPSA) is 72.7 Å². The van der Waals surface area contributed by atoms with Crippen LogP contribution in [0.2, 0.25) is 0 Å². The van der Waals surface area contributed by atoms with Gasteiger partial charge in [0.1, 0.15) is 0 Å². The molecular formula is C14H21N5OS2. The Bertz CT molecular complexity index is 603. The summed E-state index contributed by atoms with van der Waals surface area (Å²) in [6.07, 6.45) is 0.862. The highest BCUT2D eigenvalue weighted by Gasteiger charge is 2.23. The van der Waals surface area contributed by atoms with E-state index in [4.69, 9.17) is 0 Å². The molecule has 6 nitrogen and oxygen atoms in total. The van der Waals surface area contributed by atoms with Crippen molar-refractivity contribution in [3.05, 3.63) is 22.4 Å². The molecule has 0 aromatic carbocycles. The molecule has 0 bridgehead atoms. The number of tetrazole rings is 1. The Balaban J connectivity index is 1.85. The van der Waals surface area contributed by atoms with Gasteiger partial charge in [-0.25, -0.2) is 4.68 Å². The van der Waals surface area contributed by atoms with Crippen molar-refractivity contribution >= 4 is 29.0 Å². The molecule has 1 N–H and O–H groups in total. The van der Waals surface area contributed by atoms with Crippen LogP contribution in [0.4, 0.5) is 0 Å². The number of thioether (sulfide) groups is 1. The lowest BCUT2D eigenvalue weighted by molar-refractivity contribution is -0.120. The standard InChI is InChI=1S/C14H21N5OS2/c1-10(12(20)15-8-7-11-6-5-9-21-11)22-13-16-17-18-19(13)14(2,3)4/h5-6,9-10H,7-8H2,1-4H3,(H,15,20). The fraction of sp³-hybridized carbons (Fsp3) is 0.571. The van der Waals surface area contributed by atoms with Crippen molar-refractivity contribution < 1.29 is 4.79 Å². The quantitative estimate of drug-likeness (QED) is 0.818. The minimum absolute atomic E-state index is 0.00464. The van der Waals surface area contributed by atoms with Crippen molar-refractivity contribution in [2.45, 2.75) is 50.1 Å². The zero-order valence-electron chi connectivity index (χ0n) is 13.2.